The Balaban J connectivity index is 0.000000107. The van der Waals surface area contributed by atoms with E-state index in [4.69, 9.17) is 4.98 Å². The Kier molecular flexibility index (Phi) is 18.8. The number of para-hydroxylation sites is 11. The number of hydrogen-bond donors (Lipinski definition) is 0. The maximum absolute atomic E-state index is 4.71. The predicted molar refractivity (Wildman–Crippen MR) is 556 cm³/mol. The first-order valence-electron chi connectivity index (χ1n) is 45.2. The Labute approximate surface area is 762 Å². The second kappa shape index (κ2) is 32.3. The zero-order valence-corrected chi connectivity index (χ0v) is 72.1. The second-order valence-corrected chi connectivity index (χ2v) is 34.1. The van der Waals surface area contributed by atoms with E-state index in [1.54, 1.807) is 0 Å². The fourth-order valence-corrected chi connectivity index (χ4v) is 20.6. The van der Waals surface area contributed by atoms with Crippen LogP contribution in [0.2, 0.25) is 0 Å². The highest BCUT2D eigenvalue weighted by molar-refractivity contribution is 6.16. The van der Waals surface area contributed by atoms with Crippen LogP contribution in [0.1, 0.15) is 0 Å². The summed E-state index contributed by atoms with van der Waals surface area (Å²) in [6.45, 7) is 0. The highest BCUT2D eigenvalue weighted by Gasteiger charge is 2.23. The standard InChI is InChI=1S/C48H32N2.C41H27N3.C36H24N2/c1-4-14-33(15-5-1)37-28-38(34-16-6-2-7-17-34)30-40(29-37)50-46-23-13-11-21-42(46)44-32-36(25-27-48(44)50)35-24-26-47-43(31-35)41-20-10-12-22-45(41)49(47)39-18-8-3-9-19-39;1-5-19-38-34(15-1)35-16-2-6-20-39(35)43(38)32-13-9-11-28(24-32)30-23-31(27-42-26-30)29-12-10-14-33(25-29)44-40-21-7-3-17-36(40)37-18-4-8-22-41(37)44;1-3-11-27(12-4-1)37-33-17-9-7-15-29(33)31-23-25(19-21-35(31)37)26-20-22-36-32(24-26)30-16-8-10-18-34(30)38(36)28-13-5-2-6-14-28/h1-32H;1-27H;1-24H. The molecule has 0 fully saturated rings. The SMILES string of the molecule is c1cc(-c2cncc(-c3cccc(-n4c5ccccc5c5ccccc54)c3)c2)cc(-n2c3ccccc3c3ccccc32)c1.c1ccc(-c2cc(-c3ccccc3)cc(-n3c4ccccc4c4cc(-c5ccc6c(c5)c5ccccc5n6-c5ccccc5)ccc43)c2)cc1.c1ccc(-n2c3ccccc3c3cc(-c4ccc5c(c4)c4ccccc4n5-c4ccccc4)ccc32)cc1. The molecule has 0 aliphatic carbocycles. The van der Waals surface area contributed by atoms with Gasteiger partial charge in [0, 0.05) is 122 Å². The molecule has 0 saturated heterocycles. The molecule has 7 heteroatoms. The molecule has 0 saturated carbocycles. The molecule has 27 aromatic rings. The van der Waals surface area contributed by atoms with Gasteiger partial charge in [0.2, 0.25) is 0 Å². The smallest absolute Gasteiger partial charge is 0.0541 e. The van der Waals surface area contributed by atoms with Crippen LogP contribution in [-0.4, -0.2) is 32.4 Å². The third-order valence-corrected chi connectivity index (χ3v) is 26.6. The fourth-order valence-electron chi connectivity index (χ4n) is 20.6. The first kappa shape index (κ1) is 76.8. The van der Waals surface area contributed by atoms with E-state index >= 15 is 0 Å². The van der Waals surface area contributed by atoms with E-state index < -0.39 is 0 Å². The van der Waals surface area contributed by atoms with Crippen LogP contribution >= 0.6 is 0 Å². The lowest BCUT2D eigenvalue weighted by Crippen LogP contribution is -1.96. The zero-order chi connectivity index (χ0) is 87.1. The summed E-state index contributed by atoms with van der Waals surface area (Å²) in [6, 6.07) is 177. The van der Waals surface area contributed by atoms with Crippen molar-refractivity contribution in [2.24, 2.45) is 0 Å². The number of benzene rings is 20. The van der Waals surface area contributed by atoms with Gasteiger partial charge in [-0.2, -0.15) is 0 Å². The van der Waals surface area contributed by atoms with Crippen molar-refractivity contribution >= 4 is 131 Å². The molecule has 7 heterocycles. The average molecular weight is 1680 g/mol. The number of rotatable bonds is 12. The Bertz CT molecular complexity index is 8650. The number of fused-ring (bicyclic) bond motifs is 18. The van der Waals surface area contributed by atoms with E-state index in [0.717, 1.165) is 39.3 Å². The summed E-state index contributed by atoms with van der Waals surface area (Å²) in [4.78, 5) is 4.71. The van der Waals surface area contributed by atoms with Crippen molar-refractivity contribution in [3.8, 4) is 101 Å². The third kappa shape index (κ3) is 13.2. The van der Waals surface area contributed by atoms with Gasteiger partial charge in [0.05, 0.1) is 66.2 Å². The monoisotopic (exact) mass is 1680 g/mol. The molecule has 7 nitrogen and oxygen atoms in total. The molecule has 0 amide bonds. The molecular formula is C125H83N7. The van der Waals surface area contributed by atoms with Crippen LogP contribution in [0.3, 0.4) is 0 Å². The van der Waals surface area contributed by atoms with Crippen LogP contribution in [0, 0.1) is 0 Å². The molecule has 0 atom stereocenters. The van der Waals surface area contributed by atoms with E-state index in [9.17, 15) is 0 Å². The molecule has 0 aliphatic heterocycles. The predicted octanol–water partition coefficient (Wildman–Crippen LogP) is 33.0. The number of hydrogen-bond acceptors (Lipinski definition) is 1. The van der Waals surface area contributed by atoms with Crippen molar-refractivity contribution in [1.29, 1.82) is 0 Å². The summed E-state index contributed by atoms with van der Waals surface area (Å²) in [7, 11) is 0. The summed E-state index contributed by atoms with van der Waals surface area (Å²) < 4.78 is 14.3. The molecule has 0 unspecified atom stereocenters. The van der Waals surface area contributed by atoms with E-state index in [2.05, 4.69) is 519 Å². The first-order valence-corrected chi connectivity index (χ1v) is 45.2. The minimum absolute atomic E-state index is 1.09. The van der Waals surface area contributed by atoms with Crippen molar-refractivity contribution in [3.05, 3.63) is 504 Å². The summed E-state index contributed by atoms with van der Waals surface area (Å²) in [5.74, 6) is 0. The lowest BCUT2D eigenvalue weighted by Gasteiger charge is -2.14. The lowest BCUT2D eigenvalue weighted by atomic mass is 9.98. The normalized spacial score (nSPS) is 11.6. The average Bonchev–Trinajstić information content (AvgIpc) is 1.59. The Morgan fingerprint density at radius 3 is 0.576 bits per heavy atom. The van der Waals surface area contributed by atoms with Gasteiger partial charge in [0.1, 0.15) is 0 Å². The second-order valence-electron chi connectivity index (χ2n) is 34.1. The van der Waals surface area contributed by atoms with Crippen LogP contribution in [0.25, 0.3) is 232 Å². The van der Waals surface area contributed by atoms with Crippen LogP contribution < -0.4 is 0 Å². The molecule has 132 heavy (non-hydrogen) atoms. The molecule has 0 N–H and O–H groups in total. The summed E-state index contributed by atoms with van der Waals surface area (Å²) in [6.07, 6.45) is 3.93. The van der Waals surface area contributed by atoms with Crippen molar-refractivity contribution in [1.82, 2.24) is 32.4 Å². The highest BCUT2D eigenvalue weighted by atomic mass is 15.0. The molecule has 0 radical (unpaired) electrons. The van der Waals surface area contributed by atoms with E-state index in [1.165, 1.54) is 192 Å². The third-order valence-electron chi connectivity index (χ3n) is 26.6. The van der Waals surface area contributed by atoms with Gasteiger partial charge in [-0.15, -0.1) is 0 Å². The summed E-state index contributed by atoms with van der Waals surface area (Å²) >= 11 is 0. The quantitative estimate of drug-likeness (QED) is 0.120. The minimum Gasteiger partial charge on any atom is -0.309 e. The molecule has 0 bridgehead atoms. The number of aromatic nitrogens is 7. The largest absolute Gasteiger partial charge is 0.309 e. The Morgan fingerprint density at radius 1 is 0.106 bits per heavy atom. The first-order chi connectivity index (χ1) is 65.5. The van der Waals surface area contributed by atoms with Gasteiger partial charge in [-0.1, -0.05) is 309 Å². The molecule has 20 aromatic carbocycles. The molecule has 0 spiro atoms. The Morgan fingerprint density at radius 2 is 0.295 bits per heavy atom. The van der Waals surface area contributed by atoms with Gasteiger partial charge in [0.15, 0.2) is 0 Å². The van der Waals surface area contributed by atoms with E-state index in [0.29, 0.717) is 0 Å². The van der Waals surface area contributed by atoms with E-state index in [1.807, 2.05) is 12.4 Å². The van der Waals surface area contributed by atoms with Gasteiger partial charge in [-0.3, -0.25) is 4.98 Å². The molecule has 27 rings (SSSR count). The van der Waals surface area contributed by atoms with Crippen LogP contribution in [0.5, 0.6) is 0 Å². The van der Waals surface area contributed by atoms with E-state index in [-0.39, 0.29) is 0 Å². The summed E-state index contributed by atoms with van der Waals surface area (Å²) in [5, 5.41) is 15.2. The van der Waals surface area contributed by atoms with Gasteiger partial charge >= 0.3 is 0 Å². The molecular weight excluding hydrogens is 1600 g/mol. The van der Waals surface area contributed by atoms with Crippen LogP contribution in [0.4, 0.5) is 0 Å². The highest BCUT2D eigenvalue weighted by Crippen LogP contribution is 2.45. The van der Waals surface area contributed by atoms with Gasteiger partial charge in [0.25, 0.3) is 0 Å². The summed E-state index contributed by atoms with van der Waals surface area (Å²) in [5.41, 5.74) is 35.7. The lowest BCUT2D eigenvalue weighted by molar-refractivity contribution is 1.18. The number of nitrogens with zero attached hydrogens (tertiary/aromatic N) is 7. The number of pyridine rings is 1. The van der Waals surface area contributed by atoms with Crippen molar-refractivity contribution < 1.29 is 0 Å². The van der Waals surface area contributed by atoms with Crippen LogP contribution in [0.15, 0.2) is 504 Å². The molecule has 618 valence electrons. The van der Waals surface area contributed by atoms with Gasteiger partial charge in [-0.25, -0.2) is 0 Å². The fraction of sp³-hybridized carbons (Fsp3) is 0. The van der Waals surface area contributed by atoms with Gasteiger partial charge < -0.3 is 27.4 Å². The van der Waals surface area contributed by atoms with Crippen molar-refractivity contribution in [3.63, 3.8) is 0 Å². The van der Waals surface area contributed by atoms with Gasteiger partial charge in [-0.05, 0) is 238 Å². The van der Waals surface area contributed by atoms with Crippen molar-refractivity contribution in [2.75, 3.05) is 0 Å². The maximum Gasteiger partial charge on any atom is 0.0541 e. The zero-order valence-electron chi connectivity index (χ0n) is 72.1. The maximum atomic E-state index is 4.71. The topological polar surface area (TPSA) is 42.5 Å². The molecule has 7 aromatic heterocycles. The Hall–Kier alpha value is -17.7. The minimum atomic E-state index is 1.09. The molecule has 0 aliphatic rings. The van der Waals surface area contributed by atoms with Crippen molar-refractivity contribution in [2.45, 2.75) is 0 Å². The van der Waals surface area contributed by atoms with Crippen LogP contribution in [-0.2, 0) is 0 Å².